The van der Waals surface area contributed by atoms with Crippen LogP contribution in [0.25, 0.3) is 0 Å². The Balaban J connectivity index is 1.32. The molecule has 3 heterocycles. The van der Waals surface area contributed by atoms with Gasteiger partial charge in [-0.1, -0.05) is 12.1 Å². The lowest BCUT2D eigenvalue weighted by molar-refractivity contribution is -0.121. The van der Waals surface area contributed by atoms with Gasteiger partial charge in [0.1, 0.15) is 5.76 Å². The van der Waals surface area contributed by atoms with Gasteiger partial charge in [-0.2, -0.15) is 0 Å². The highest BCUT2D eigenvalue weighted by molar-refractivity contribution is 6.21. The average molecular weight is 397 g/mol. The zero-order valence-corrected chi connectivity index (χ0v) is 16.0. The Kier molecular flexibility index (Phi) is 5.73. The second kappa shape index (κ2) is 8.59. The molecule has 1 unspecified atom stereocenters. The summed E-state index contributed by atoms with van der Waals surface area (Å²) in [6, 6.07) is 10.3. The third kappa shape index (κ3) is 4.08. The number of hydrogen-bond donors (Lipinski definition) is 1. The van der Waals surface area contributed by atoms with Gasteiger partial charge in [0.2, 0.25) is 5.91 Å². The van der Waals surface area contributed by atoms with E-state index in [0.717, 1.165) is 23.7 Å². The van der Waals surface area contributed by atoms with Crippen LogP contribution in [0, 0.1) is 0 Å². The molecule has 0 radical (unpaired) electrons. The Morgan fingerprint density at radius 3 is 2.34 bits per heavy atom. The van der Waals surface area contributed by atoms with Crippen LogP contribution in [0.3, 0.4) is 0 Å². The van der Waals surface area contributed by atoms with Crippen LogP contribution in [0.1, 0.15) is 38.9 Å². The van der Waals surface area contributed by atoms with Crippen molar-refractivity contribution in [3.63, 3.8) is 0 Å². The number of carbonyl (C=O) groups is 3. The molecule has 0 bridgehead atoms. The maximum Gasteiger partial charge on any atom is 0.261 e. The van der Waals surface area contributed by atoms with Gasteiger partial charge >= 0.3 is 0 Å². The lowest BCUT2D eigenvalue weighted by Crippen LogP contribution is -2.44. The number of ether oxygens (including phenoxy) is 1. The topological polar surface area (TPSA) is 92.1 Å². The van der Waals surface area contributed by atoms with E-state index in [1.807, 2.05) is 12.1 Å². The standard InChI is InChI=1S/C21H23N3O5/c25-19(7-8-24-20(26)15-4-1-2-5-16(15)21(24)27)22-14-17(18-6-3-11-29-18)23-9-12-28-13-10-23/h1-6,11,17H,7-10,12-14H2,(H,22,25). The molecule has 1 N–H and O–H groups in total. The van der Waals surface area contributed by atoms with E-state index in [9.17, 15) is 14.4 Å². The third-order valence-corrected chi connectivity index (χ3v) is 5.29. The van der Waals surface area contributed by atoms with Crippen molar-refractivity contribution in [3.05, 3.63) is 59.5 Å². The summed E-state index contributed by atoms with van der Waals surface area (Å²) in [6.45, 7) is 3.25. The molecule has 2 aliphatic heterocycles. The Bertz CT molecular complexity index is 854. The van der Waals surface area contributed by atoms with Gasteiger partial charge in [-0.05, 0) is 24.3 Å². The van der Waals surface area contributed by atoms with Crippen LogP contribution in [0.2, 0.25) is 0 Å². The number of benzene rings is 1. The van der Waals surface area contributed by atoms with E-state index in [0.29, 0.717) is 30.9 Å². The van der Waals surface area contributed by atoms with Crippen molar-refractivity contribution in [2.24, 2.45) is 0 Å². The molecule has 2 aliphatic rings. The first kappa shape index (κ1) is 19.4. The van der Waals surface area contributed by atoms with Gasteiger partial charge in [-0.3, -0.25) is 24.2 Å². The van der Waals surface area contributed by atoms with Crippen LogP contribution >= 0.6 is 0 Å². The van der Waals surface area contributed by atoms with Gasteiger partial charge in [0, 0.05) is 32.6 Å². The number of carbonyl (C=O) groups excluding carboxylic acids is 3. The molecule has 152 valence electrons. The molecular formula is C21H23N3O5. The number of amides is 3. The van der Waals surface area contributed by atoms with Crippen LogP contribution in [-0.2, 0) is 9.53 Å². The molecule has 1 saturated heterocycles. The van der Waals surface area contributed by atoms with Crippen LogP contribution in [0.5, 0.6) is 0 Å². The van der Waals surface area contributed by atoms with Crippen LogP contribution in [0.4, 0.5) is 0 Å². The molecule has 1 atom stereocenters. The van der Waals surface area contributed by atoms with Crippen molar-refractivity contribution >= 4 is 17.7 Å². The molecule has 3 amide bonds. The summed E-state index contributed by atoms with van der Waals surface area (Å²) in [5.74, 6) is -0.126. The number of morpholine rings is 1. The van der Waals surface area contributed by atoms with Crippen LogP contribution in [-0.4, -0.2) is 66.9 Å². The molecule has 0 spiro atoms. The van der Waals surface area contributed by atoms with E-state index in [1.54, 1.807) is 30.5 Å². The zero-order chi connectivity index (χ0) is 20.2. The summed E-state index contributed by atoms with van der Waals surface area (Å²) < 4.78 is 11.0. The Labute approximate surface area is 168 Å². The van der Waals surface area contributed by atoms with Gasteiger partial charge in [0.05, 0.1) is 36.6 Å². The lowest BCUT2D eigenvalue weighted by Gasteiger charge is -2.33. The number of fused-ring (bicyclic) bond motifs is 1. The van der Waals surface area contributed by atoms with Crippen molar-refractivity contribution in [2.75, 3.05) is 39.4 Å². The monoisotopic (exact) mass is 397 g/mol. The largest absolute Gasteiger partial charge is 0.468 e. The van der Waals surface area contributed by atoms with E-state index < -0.39 is 0 Å². The first-order valence-corrected chi connectivity index (χ1v) is 9.72. The maximum atomic E-state index is 12.4. The Hall–Kier alpha value is -2.97. The minimum absolute atomic E-state index is 0.0550. The predicted octanol–water partition coefficient (Wildman–Crippen LogP) is 1.46. The third-order valence-electron chi connectivity index (χ3n) is 5.29. The summed E-state index contributed by atoms with van der Waals surface area (Å²) in [5.41, 5.74) is 0.784. The van der Waals surface area contributed by atoms with Crippen molar-refractivity contribution < 1.29 is 23.5 Å². The van der Waals surface area contributed by atoms with E-state index in [1.165, 1.54) is 0 Å². The first-order valence-electron chi connectivity index (χ1n) is 9.72. The highest BCUT2D eigenvalue weighted by Crippen LogP contribution is 2.23. The second-order valence-corrected chi connectivity index (χ2v) is 7.04. The molecule has 1 fully saturated rings. The molecule has 1 aromatic carbocycles. The minimum atomic E-state index is -0.347. The predicted molar refractivity (Wildman–Crippen MR) is 103 cm³/mol. The van der Waals surface area contributed by atoms with Crippen molar-refractivity contribution in [1.29, 1.82) is 0 Å². The fraction of sp³-hybridized carbons (Fsp3) is 0.381. The number of furan rings is 1. The highest BCUT2D eigenvalue weighted by atomic mass is 16.5. The summed E-state index contributed by atoms with van der Waals surface area (Å²) in [5, 5.41) is 2.91. The van der Waals surface area contributed by atoms with Crippen LogP contribution in [0.15, 0.2) is 47.1 Å². The molecular weight excluding hydrogens is 374 g/mol. The fourth-order valence-electron chi connectivity index (χ4n) is 3.73. The van der Waals surface area contributed by atoms with Crippen molar-refractivity contribution in [2.45, 2.75) is 12.5 Å². The maximum absolute atomic E-state index is 12.4. The van der Waals surface area contributed by atoms with E-state index in [-0.39, 0.29) is 36.7 Å². The molecule has 8 heteroatoms. The number of imide groups is 1. The molecule has 0 saturated carbocycles. The number of rotatable bonds is 7. The Morgan fingerprint density at radius 1 is 1.03 bits per heavy atom. The molecule has 29 heavy (non-hydrogen) atoms. The summed E-state index contributed by atoms with van der Waals surface area (Å²) in [7, 11) is 0. The molecule has 1 aromatic heterocycles. The van der Waals surface area contributed by atoms with Gasteiger partial charge < -0.3 is 14.5 Å². The number of nitrogens with one attached hydrogen (secondary N) is 1. The van der Waals surface area contributed by atoms with E-state index >= 15 is 0 Å². The molecule has 4 rings (SSSR count). The molecule has 2 aromatic rings. The van der Waals surface area contributed by atoms with Gasteiger partial charge in [-0.15, -0.1) is 0 Å². The van der Waals surface area contributed by atoms with Gasteiger partial charge in [0.15, 0.2) is 0 Å². The molecule has 0 aliphatic carbocycles. The SMILES string of the molecule is O=C(CCN1C(=O)c2ccccc2C1=O)NCC(c1ccco1)N1CCOCC1. The van der Waals surface area contributed by atoms with Crippen molar-refractivity contribution in [1.82, 2.24) is 15.1 Å². The minimum Gasteiger partial charge on any atom is -0.468 e. The highest BCUT2D eigenvalue weighted by Gasteiger charge is 2.35. The van der Waals surface area contributed by atoms with Crippen molar-refractivity contribution in [3.8, 4) is 0 Å². The van der Waals surface area contributed by atoms with Gasteiger partial charge in [0.25, 0.3) is 11.8 Å². The quantitative estimate of drug-likeness (QED) is 0.711. The van der Waals surface area contributed by atoms with E-state index in [2.05, 4.69) is 10.2 Å². The first-order chi connectivity index (χ1) is 14.1. The fourth-order valence-corrected chi connectivity index (χ4v) is 3.73. The summed E-state index contributed by atoms with van der Waals surface area (Å²) >= 11 is 0. The van der Waals surface area contributed by atoms with Gasteiger partial charge in [-0.25, -0.2) is 0 Å². The Morgan fingerprint density at radius 2 is 1.72 bits per heavy atom. The van der Waals surface area contributed by atoms with E-state index in [4.69, 9.17) is 9.15 Å². The lowest BCUT2D eigenvalue weighted by atomic mass is 10.1. The second-order valence-electron chi connectivity index (χ2n) is 7.04. The average Bonchev–Trinajstić information content (AvgIpc) is 3.36. The molecule has 8 nitrogen and oxygen atoms in total. The van der Waals surface area contributed by atoms with Crippen LogP contribution < -0.4 is 5.32 Å². The summed E-state index contributed by atoms with van der Waals surface area (Å²) in [4.78, 5) is 40.5. The normalized spacial score (nSPS) is 18.0. The number of nitrogens with zero attached hydrogens (tertiary/aromatic N) is 2. The summed E-state index contributed by atoms with van der Waals surface area (Å²) in [6.07, 6.45) is 1.67. The number of hydrogen-bond acceptors (Lipinski definition) is 6. The zero-order valence-electron chi connectivity index (χ0n) is 16.0. The smallest absolute Gasteiger partial charge is 0.261 e.